The molecule has 8 heteroatoms. The van der Waals surface area contributed by atoms with Gasteiger partial charge in [0, 0.05) is 30.0 Å². The lowest BCUT2D eigenvalue weighted by Crippen LogP contribution is -2.33. The Bertz CT molecular complexity index is 627. The van der Waals surface area contributed by atoms with E-state index in [1.165, 1.54) is 7.05 Å². The fourth-order valence-corrected chi connectivity index (χ4v) is 2.03. The molecule has 1 heterocycles. The van der Waals surface area contributed by atoms with E-state index in [0.29, 0.717) is 5.69 Å². The molecule has 0 radical (unpaired) electrons. The lowest BCUT2D eigenvalue weighted by molar-refractivity contribution is -0.141. The molecule has 7 nitrogen and oxygen atoms in total. The highest BCUT2D eigenvalue weighted by molar-refractivity contribution is 9.10. The van der Waals surface area contributed by atoms with Crippen LogP contribution in [0.3, 0.4) is 0 Å². The van der Waals surface area contributed by atoms with Crippen molar-refractivity contribution in [2.45, 2.75) is 12.8 Å². The molecule has 1 aromatic rings. The van der Waals surface area contributed by atoms with Gasteiger partial charge >= 0.3 is 5.97 Å². The van der Waals surface area contributed by atoms with E-state index in [4.69, 9.17) is 4.74 Å². The van der Waals surface area contributed by atoms with Crippen LogP contribution in [0.1, 0.15) is 12.8 Å². The Morgan fingerprint density at radius 3 is 2.64 bits per heavy atom. The Hall–Kier alpha value is -2.22. The van der Waals surface area contributed by atoms with Crippen molar-refractivity contribution in [3.05, 3.63) is 28.7 Å². The van der Waals surface area contributed by atoms with Gasteiger partial charge in [-0.1, -0.05) is 15.9 Å². The molecule has 22 heavy (non-hydrogen) atoms. The summed E-state index contributed by atoms with van der Waals surface area (Å²) in [6, 6.07) is 7.00. The van der Waals surface area contributed by atoms with Crippen molar-refractivity contribution >= 4 is 45.1 Å². The molecule has 0 fully saturated rings. The Kier molecular flexibility index (Phi) is 5.26. The van der Waals surface area contributed by atoms with Crippen molar-refractivity contribution < 1.29 is 19.1 Å². The van der Waals surface area contributed by atoms with Gasteiger partial charge in [0.15, 0.2) is 6.61 Å². The number of hydrogen-bond donors (Lipinski definition) is 1. The number of ether oxygens (including phenoxy) is 1. The molecule has 1 aromatic carbocycles. The first-order chi connectivity index (χ1) is 10.5. The van der Waals surface area contributed by atoms with E-state index < -0.39 is 18.5 Å². The monoisotopic (exact) mass is 367 g/mol. The minimum atomic E-state index is -0.690. The Balaban J connectivity index is 1.83. The van der Waals surface area contributed by atoms with Gasteiger partial charge in [0.25, 0.3) is 5.91 Å². The number of hydrazone groups is 1. The van der Waals surface area contributed by atoms with Gasteiger partial charge in [-0.05, 0) is 24.3 Å². The molecule has 116 valence electrons. The fourth-order valence-electron chi connectivity index (χ4n) is 1.76. The number of anilines is 1. The summed E-state index contributed by atoms with van der Waals surface area (Å²) in [4.78, 5) is 34.7. The number of halogens is 1. The number of nitrogens with one attached hydrogen (secondary N) is 1. The van der Waals surface area contributed by atoms with Crippen LogP contribution in [-0.4, -0.2) is 42.2 Å². The van der Waals surface area contributed by atoms with Crippen LogP contribution in [0.5, 0.6) is 0 Å². The largest absolute Gasteiger partial charge is 0.451 e. The maximum Gasteiger partial charge on any atom is 0.355 e. The summed E-state index contributed by atoms with van der Waals surface area (Å²) < 4.78 is 5.79. The average molecular weight is 368 g/mol. The first-order valence-electron chi connectivity index (χ1n) is 6.52. The summed E-state index contributed by atoms with van der Waals surface area (Å²) in [5.41, 5.74) is 0.739. The number of hydrogen-bond acceptors (Lipinski definition) is 5. The number of amides is 2. The van der Waals surface area contributed by atoms with Crippen molar-refractivity contribution in [2.24, 2.45) is 5.10 Å². The number of carbonyl (C=O) groups is 3. The van der Waals surface area contributed by atoms with Crippen LogP contribution >= 0.6 is 15.9 Å². The Morgan fingerprint density at radius 1 is 1.32 bits per heavy atom. The molecule has 1 aliphatic heterocycles. The highest BCUT2D eigenvalue weighted by Gasteiger charge is 2.23. The van der Waals surface area contributed by atoms with Crippen LogP contribution in [-0.2, 0) is 19.1 Å². The molecule has 0 spiro atoms. The first-order valence-corrected chi connectivity index (χ1v) is 7.31. The van der Waals surface area contributed by atoms with Gasteiger partial charge < -0.3 is 10.1 Å². The molecular weight excluding hydrogens is 354 g/mol. The van der Waals surface area contributed by atoms with Gasteiger partial charge in [0.2, 0.25) is 5.91 Å². The summed E-state index contributed by atoms with van der Waals surface area (Å²) in [7, 11) is 1.47. The molecule has 0 aliphatic carbocycles. The summed E-state index contributed by atoms with van der Waals surface area (Å²) >= 11 is 3.29. The van der Waals surface area contributed by atoms with E-state index in [0.717, 1.165) is 9.48 Å². The normalized spacial score (nSPS) is 14.4. The zero-order valence-corrected chi connectivity index (χ0v) is 13.4. The van der Waals surface area contributed by atoms with Gasteiger partial charge in [-0.2, -0.15) is 5.10 Å². The van der Waals surface area contributed by atoms with Crippen LogP contribution in [0.15, 0.2) is 33.8 Å². The SMILES string of the molecule is CN1N=C(C(=O)OCC(=O)Nc2ccc(Br)cc2)CCC1=O. The lowest BCUT2D eigenvalue weighted by Gasteiger charge is -2.18. The number of carbonyl (C=O) groups excluding carboxylic acids is 3. The number of rotatable bonds is 4. The smallest absolute Gasteiger partial charge is 0.355 e. The first kappa shape index (κ1) is 16.2. The quantitative estimate of drug-likeness (QED) is 0.817. The average Bonchev–Trinajstić information content (AvgIpc) is 2.50. The van der Waals surface area contributed by atoms with Gasteiger partial charge in [0.1, 0.15) is 5.71 Å². The zero-order valence-electron chi connectivity index (χ0n) is 11.8. The molecule has 1 aliphatic rings. The minimum absolute atomic E-state index is 0.138. The number of nitrogens with zero attached hydrogens (tertiary/aromatic N) is 2. The molecule has 0 atom stereocenters. The number of esters is 1. The predicted octanol–water partition coefficient (Wildman–Crippen LogP) is 1.54. The lowest BCUT2D eigenvalue weighted by atomic mass is 10.2. The van der Waals surface area contributed by atoms with E-state index in [1.807, 2.05) is 0 Å². The van der Waals surface area contributed by atoms with Crippen LogP contribution < -0.4 is 5.32 Å². The molecule has 0 unspecified atom stereocenters. The second-order valence-corrected chi connectivity index (χ2v) is 5.51. The summed E-state index contributed by atoms with van der Waals surface area (Å²) in [5, 5.41) is 7.52. The van der Waals surface area contributed by atoms with Crippen LogP contribution in [0.4, 0.5) is 5.69 Å². The second-order valence-electron chi connectivity index (χ2n) is 4.60. The summed E-state index contributed by atoms with van der Waals surface area (Å²) in [5.74, 6) is -1.30. The highest BCUT2D eigenvalue weighted by Crippen LogP contribution is 2.14. The minimum Gasteiger partial charge on any atom is -0.451 e. The molecule has 0 saturated heterocycles. The molecule has 2 rings (SSSR count). The van der Waals surface area contributed by atoms with Crippen molar-refractivity contribution in [1.29, 1.82) is 0 Å². The van der Waals surface area contributed by atoms with Gasteiger partial charge in [-0.15, -0.1) is 0 Å². The van der Waals surface area contributed by atoms with Crippen LogP contribution in [0.25, 0.3) is 0 Å². The van der Waals surface area contributed by atoms with Crippen molar-refractivity contribution in [3.8, 4) is 0 Å². The van der Waals surface area contributed by atoms with Gasteiger partial charge in [-0.3, -0.25) is 9.59 Å². The third-order valence-electron chi connectivity index (χ3n) is 2.91. The summed E-state index contributed by atoms with van der Waals surface area (Å²) in [6.07, 6.45) is 0.422. The molecule has 0 aromatic heterocycles. The number of benzene rings is 1. The van der Waals surface area contributed by atoms with Crippen LogP contribution in [0.2, 0.25) is 0 Å². The summed E-state index contributed by atoms with van der Waals surface area (Å²) in [6.45, 7) is -0.411. The fraction of sp³-hybridized carbons (Fsp3) is 0.286. The standard InChI is InChI=1S/C14H14BrN3O4/c1-18-13(20)7-6-11(17-18)14(21)22-8-12(19)16-10-4-2-9(15)3-5-10/h2-5H,6-8H2,1H3,(H,16,19). The maximum atomic E-state index is 11.8. The Morgan fingerprint density at radius 2 is 2.00 bits per heavy atom. The molecule has 2 amide bonds. The van der Waals surface area contributed by atoms with E-state index in [2.05, 4.69) is 26.3 Å². The highest BCUT2D eigenvalue weighted by atomic mass is 79.9. The van der Waals surface area contributed by atoms with Gasteiger partial charge in [-0.25, -0.2) is 9.80 Å². The second kappa shape index (κ2) is 7.17. The third-order valence-corrected chi connectivity index (χ3v) is 3.43. The molecular formula is C14H14BrN3O4. The zero-order chi connectivity index (χ0) is 16.1. The molecule has 0 bridgehead atoms. The third kappa shape index (κ3) is 4.39. The topological polar surface area (TPSA) is 88.1 Å². The van der Waals surface area contributed by atoms with Crippen molar-refractivity contribution in [1.82, 2.24) is 5.01 Å². The predicted molar refractivity (Wildman–Crippen MR) is 83.2 cm³/mol. The van der Waals surface area contributed by atoms with E-state index in [1.54, 1.807) is 24.3 Å². The van der Waals surface area contributed by atoms with E-state index in [-0.39, 0.29) is 24.5 Å². The van der Waals surface area contributed by atoms with Crippen molar-refractivity contribution in [3.63, 3.8) is 0 Å². The van der Waals surface area contributed by atoms with Crippen LogP contribution in [0, 0.1) is 0 Å². The molecule has 0 saturated carbocycles. The molecule has 1 N–H and O–H groups in total. The maximum absolute atomic E-state index is 11.8. The van der Waals surface area contributed by atoms with Gasteiger partial charge in [0.05, 0.1) is 0 Å². The van der Waals surface area contributed by atoms with Crippen molar-refractivity contribution in [2.75, 3.05) is 19.0 Å². The van der Waals surface area contributed by atoms with E-state index >= 15 is 0 Å². The Labute approximate surface area is 135 Å². The van der Waals surface area contributed by atoms with E-state index in [9.17, 15) is 14.4 Å².